The average Bonchev–Trinajstić information content (AvgIpc) is 2.38. The van der Waals surface area contributed by atoms with E-state index < -0.39 is 0 Å². The fourth-order valence-electron chi connectivity index (χ4n) is 2.70. The number of hydrogen-bond acceptors (Lipinski definition) is 4. The predicted octanol–water partition coefficient (Wildman–Crippen LogP) is 2.03. The third-order valence-electron chi connectivity index (χ3n) is 3.38. The minimum Gasteiger partial charge on any atom is -0.369 e. The third-order valence-corrected chi connectivity index (χ3v) is 3.38. The number of nitrogens with one attached hydrogen (secondary N) is 1. The van der Waals surface area contributed by atoms with E-state index in [1.165, 1.54) is 6.42 Å². The van der Waals surface area contributed by atoms with Gasteiger partial charge in [-0.1, -0.05) is 13.8 Å². The van der Waals surface area contributed by atoms with Gasteiger partial charge in [-0.3, -0.25) is 4.79 Å². The predicted molar refractivity (Wildman–Crippen MR) is 75.0 cm³/mol. The monoisotopic (exact) mass is 262 g/mol. The van der Waals surface area contributed by atoms with Gasteiger partial charge in [0.2, 0.25) is 0 Å². The minimum absolute atomic E-state index is 0.00560. The van der Waals surface area contributed by atoms with Crippen LogP contribution < -0.4 is 5.32 Å². The summed E-state index contributed by atoms with van der Waals surface area (Å²) in [4.78, 5) is 22.7. The molecule has 5 nitrogen and oxygen atoms in total. The normalized spacial score (nSPS) is 23.2. The number of aromatic nitrogens is 2. The minimum atomic E-state index is -0.00560. The van der Waals surface area contributed by atoms with Crippen molar-refractivity contribution in [3.8, 4) is 0 Å². The number of hydrogen-bond donors (Lipinski definition) is 1. The molecule has 1 aliphatic heterocycles. The fourth-order valence-corrected chi connectivity index (χ4v) is 2.70. The van der Waals surface area contributed by atoms with Crippen LogP contribution in [-0.2, 0) is 0 Å². The molecule has 1 aliphatic rings. The first-order valence-corrected chi connectivity index (χ1v) is 6.95. The summed E-state index contributed by atoms with van der Waals surface area (Å²) in [6, 6.07) is 0. The Morgan fingerprint density at radius 3 is 2.53 bits per heavy atom. The van der Waals surface area contributed by atoms with Crippen LogP contribution in [0.2, 0.25) is 0 Å². The number of piperidine rings is 1. The number of carbonyl (C=O) groups is 1. The molecule has 104 valence electrons. The van der Waals surface area contributed by atoms with Crippen LogP contribution in [0.1, 0.15) is 37.7 Å². The second-order valence-corrected chi connectivity index (χ2v) is 5.47. The van der Waals surface area contributed by atoms with Crippen LogP contribution in [0.4, 0.5) is 5.82 Å². The Bertz CT molecular complexity index is 422. The lowest BCUT2D eigenvalue weighted by Crippen LogP contribution is -2.42. The SMILES string of the molecule is CCNc1cnc(C(=O)N2CC(C)CC(C)C2)cn1. The van der Waals surface area contributed by atoms with E-state index in [1.54, 1.807) is 12.4 Å². The van der Waals surface area contributed by atoms with Gasteiger partial charge in [-0.15, -0.1) is 0 Å². The summed E-state index contributed by atoms with van der Waals surface area (Å²) in [6.07, 6.45) is 4.37. The quantitative estimate of drug-likeness (QED) is 0.905. The second kappa shape index (κ2) is 5.99. The molecule has 2 unspecified atom stereocenters. The molecule has 0 radical (unpaired) electrons. The zero-order valence-electron chi connectivity index (χ0n) is 11.9. The van der Waals surface area contributed by atoms with Gasteiger partial charge in [-0.25, -0.2) is 9.97 Å². The Hall–Kier alpha value is -1.65. The smallest absolute Gasteiger partial charge is 0.274 e. The molecule has 1 N–H and O–H groups in total. The maximum atomic E-state index is 12.4. The highest BCUT2D eigenvalue weighted by Gasteiger charge is 2.26. The molecule has 1 amide bonds. The molecule has 2 rings (SSSR count). The van der Waals surface area contributed by atoms with Crippen molar-refractivity contribution in [2.45, 2.75) is 27.2 Å². The Kier molecular flexibility index (Phi) is 4.35. The first-order chi connectivity index (χ1) is 9.10. The van der Waals surface area contributed by atoms with Crippen molar-refractivity contribution in [2.24, 2.45) is 11.8 Å². The fraction of sp³-hybridized carbons (Fsp3) is 0.643. The highest BCUT2D eigenvalue weighted by molar-refractivity contribution is 5.92. The van der Waals surface area contributed by atoms with E-state index in [0.29, 0.717) is 23.3 Å². The lowest BCUT2D eigenvalue weighted by atomic mass is 9.92. The second-order valence-electron chi connectivity index (χ2n) is 5.47. The van der Waals surface area contributed by atoms with E-state index in [0.717, 1.165) is 19.6 Å². The topological polar surface area (TPSA) is 58.1 Å². The van der Waals surface area contributed by atoms with E-state index >= 15 is 0 Å². The molecule has 0 aromatic carbocycles. The number of carbonyl (C=O) groups excluding carboxylic acids is 1. The molecule has 1 aromatic heterocycles. The summed E-state index contributed by atoms with van der Waals surface area (Å²) < 4.78 is 0. The first-order valence-electron chi connectivity index (χ1n) is 6.95. The Labute approximate surface area is 114 Å². The van der Waals surface area contributed by atoms with E-state index in [1.807, 2.05) is 11.8 Å². The number of nitrogens with zero attached hydrogens (tertiary/aromatic N) is 3. The number of amides is 1. The Morgan fingerprint density at radius 1 is 1.32 bits per heavy atom. The van der Waals surface area contributed by atoms with Crippen LogP contribution in [0.5, 0.6) is 0 Å². The van der Waals surface area contributed by atoms with Crippen molar-refractivity contribution in [1.82, 2.24) is 14.9 Å². The van der Waals surface area contributed by atoms with E-state index in [4.69, 9.17) is 0 Å². The van der Waals surface area contributed by atoms with Crippen LogP contribution in [0.25, 0.3) is 0 Å². The molecule has 5 heteroatoms. The number of anilines is 1. The summed E-state index contributed by atoms with van der Waals surface area (Å²) in [6.45, 7) is 8.81. The van der Waals surface area contributed by atoms with Crippen LogP contribution in [0.3, 0.4) is 0 Å². The average molecular weight is 262 g/mol. The highest BCUT2D eigenvalue weighted by Crippen LogP contribution is 2.22. The van der Waals surface area contributed by atoms with Gasteiger partial charge in [0.15, 0.2) is 0 Å². The number of likely N-dealkylation sites (tertiary alicyclic amines) is 1. The standard InChI is InChI=1S/C14H22N4O/c1-4-15-13-7-16-12(6-17-13)14(19)18-8-10(2)5-11(3)9-18/h6-7,10-11H,4-5,8-9H2,1-3H3,(H,15,17). The summed E-state index contributed by atoms with van der Waals surface area (Å²) in [5.41, 5.74) is 0.433. The van der Waals surface area contributed by atoms with Crippen molar-refractivity contribution < 1.29 is 4.79 Å². The molecule has 0 saturated carbocycles. The Balaban J connectivity index is 2.06. The molecule has 0 aliphatic carbocycles. The molecule has 1 aromatic rings. The van der Waals surface area contributed by atoms with Gasteiger partial charge in [0.05, 0.1) is 12.4 Å². The molecular formula is C14H22N4O. The maximum absolute atomic E-state index is 12.4. The summed E-state index contributed by atoms with van der Waals surface area (Å²) in [5, 5.41) is 3.07. The Morgan fingerprint density at radius 2 is 2.00 bits per heavy atom. The molecular weight excluding hydrogens is 240 g/mol. The highest BCUT2D eigenvalue weighted by atomic mass is 16.2. The van der Waals surface area contributed by atoms with Crippen LogP contribution in [-0.4, -0.2) is 40.4 Å². The molecule has 1 saturated heterocycles. The molecule has 0 bridgehead atoms. The lowest BCUT2D eigenvalue weighted by Gasteiger charge is -2.34. The van der Waals surface area contributed by atoms with Crippen LogP contribution in [0, 0.1) is 11.8 Å². The van der Waals surface area contributed by atoms with Gasteiger partial charge >= 0.3 is 0 Å². The molecule has 19 heavy (non-hydrogen) atoms. The van der Waals surface area contributed by atoms with Crippen molar-refractivity contribution in [1.29, 1.82) is 0 Å². The summed E-state index contributed by atoms with van der Waals surface area (Å²) in [5.74, 6) is 1.82. The molecule has 1 fully saturated rings. The lowest BCUT2D eigenvalue weighted by molar-refractivity contribution is 0.0617. The first kappa shape index (κ1) is 13.8. The molecule has 0 spiro atoms. The van der Waals surface area contributed by atoms with Gasteiger partial charge in [0, 0.05) is 19.6 Å². The van der Waals surface area contributed by atoms with E-state index in [2.05, 4.69) is 29.1 Å². The summed E-state index contributed by atoms with van der Waals surface area (Å²) in [7, 11) is 0. The van der Waals surface area contributed by atoms with E-state index in [-0.39, 0.29) is 5.91 Å². The van der Waals surface area contributed by atoms with Gasteiger partial charge in [-0.05, 0) is 25.2 Å². The van der Waals surface area contributed by atoms with Crippen molar-refractivity contribution in [3.63, 3.8) is 0 Å². The third kappa shape index (κ3) is 3.43. The summed E-state index contributed by atoms with van der Waals surface area (Å²) >= 11 is 0. The molecule has 2 heterocycles. The van der Waals surface area contributed by atoms with Gasteiger partial charge in [0.25, 0.3) is 5.91 Å². The van der Waals surface area contributed by atoms with Crippen molar-refractivity contribution >= 4 is 11.7 Å². The zero-order valence-corrected chi connectivity index (χ0v) is 11.9. The van der Waals surface area contributed by atoms with Crippen LogP contribution >= 0.6 is 0 Å². The maximum Gasteiger partial charge on any atom is 0.274 e. The van der Waals surface area contributed by atoms with Gasteiger partial charge in [-0.2, -0.15) is 0 Å². The van der Waals surface area contributed by atoms with Crippen molar-refractivity contribution in [3.05, 3.63) is 18.1 Å². The number of rotatable bonds is 3. The molecule has 2 atom stereocenters. The van der Waals surface area contributed by atoms with Gasteiger partial charge < -0.3 is 10.2 Å². The zero-order chi connectivity index (χ0) is 13.8. The van der Waals surface area contributed by atoms with Gasteiger partial charge in [0.1, 0.15) is 11.5 Å². The largest absolute Gasteiger partial charge is 0.369 e. The van der Waals surface area contributed by atoms with Crippen molar-refractivity contribution in [2.75, 3.05) is 25.0 Å². The van der Waals surface area contributed by atoms with Crippen LogP contribution in [0.15, 0.2) is 12.4 Å². The van der Waals surface area contributed by atoms with E-state index in [9.17, 15) is 4.79 Å².